The van der Waals surface area contributed by atoms with Gasteiger partial charge in [0.1, 0.15) is 5.82 Å². The van der Waals surface area contributed by atoms with E-state index in [0.29, 0.717) is 0 Å². The Labute approximate surface area is 129 Å². The monoisotopic (exact) mass is 293 g/mol. The molecule has 1 heterocycles. The van der Waals surface area contributed by atoms with Crippen LogP contribution in [0.5, 0.6) is 0 Å². The Bertz CT molecular complexity index is 379. The minimum Gasteiger partial charge on any atom is -0.357 e. The smallest absolute Gasteiger partial charge is 0.224 e. The maximum Gasteiger partial charge on any atom is 0.224 e. The first kappa shape index (κ1) is 17.7. The van der Waals surface area contributed by atoms with Crippen LogP contribution in [0.4, 0.5) is 11.8 Å². The van der Waals surface area contributed by atoms with Crippen molar-refractivity contribution >= 4 is 11.8 Å². The lowest BCUT2D eigenvalue weighted by Crippen LogP contribution is -2.30. The minimum absolute atomic E-state index is 0.733. The predicted octanol–water partition coefficient (Wildman–Crippen LogP) is 2.86. The summed E-state index contributed by atoms with van der Waals surface area (Å²) in [7, 11) is 0. The second-order valence-electron chi connectivity index (χ2n) is 5.13. The molecule has 0 atom stereocenters. The molecule has 0 aliphatic heterocycles. The van der Waals surface area contributed by atoms with Crippen molar-refractivity contribution in [2.24, 2.45) is 0 Å². The first-order valence-corrected chi connectivity index (χ1v) is 8.29. The Hall–Kier alpha value is -1.36. The van der Waals surface area contributed by atoms with E-state index in [1.54, 1.807) is 0 Å². The summed E-state index contributed by atoms with van der Waals surface area (Å²) in [6.45, 7) is 15.1. The predicted molar refractivity (Wildman–Crippen MR) is 91.1 cm³/mol. The van der Waals surface area contributed by atoms with Gasteiger partial charge in [0.05, 0.1) is 0 Å². The average Bonchev–Trinajstić information content (AvgIpc) is 2.53. The van der Waals surface area contributed by atoms with Gasteiger partial charge in [0.15, 0.2) is 0 Å². The molecule has 1 N–H and O–H groups in total. The second-order valence-corrected chi connectivity index (χ2v) is 5.13. The number of anilines is 2. The Kier molecular flexibility index (Phi) is 8.74. The van der Waals surface area contributed by atoms with Crippen molar-refractivity contribution in [1.29, 1.82) is 0 Å². The van der Waals surface area contributed by atoms with Gasteiger partial charge < -0.3 is 15.1 Å². The fourth-order valence-corrected chi connectivity index (χ4v) is 2.31. The fraction of sp³-hybridized carbons (Fsp3) is 0.750. The molecule has 5 nitrogen and oxygen atoms in total. The van der Waals surface area contributed by atoms with Gasteiger partial charge in [-0.1, -0.05) is 20.8 Å². The lowest BCUT2D eigenvalue weighted by molar-refractivity contribution is 0.300. The largest absolute Gasteiger partial charge is 0.357 e. The minimum atomic E-state index is 0.733. The van der Waals surface area contributed by atoms with Crippen LogP contribution in [-0.4, -0.2) is 54.1 Å². The first-order valence-electron chi connectivity index (χ1n) is 8.29. The van der Waals surface area contributed by atoms with Crippen LogP contribution in [0.15, 0.2) is 12.3 Å². The van der Waals surface area contributed by atoms with E-state index < -0.39 is 0 Å². The van der Waals surface area contributed by atoms with E-state index in [9.17, 15) is 0 Å². The molecule has 5 heteroatoms. The summed E-state index contributed by atoms with van der Waals surface area (Å²) >= 11 is 0. The third-order valence-electron chi connectivity index (χ3n) is 3.68. The molecule has 0 bridgehead atoms. The highest BCUT2D eigenvalue weighted by atomic mass is 15.2. The molecule has 0 radical (unpaired) electrons. The molecule has 0 amide bonds. The van der Waals surface area contributed by atoms with E-state index in [0.717, 1.165) is 63.9 Å². The van der Waals surface area contributed by atoms with Crippen molar-refractivity contribution in [3.05, 3.63) is 12.3 Å². The highest BCUT2D eigenvalue weighted by molar-refractivity contribution is 5.42. The van der Waals surface area contributed by atoms with Gasteiger partial charge in [-0.05, 0) is 45.5 Å². The van der Waals surface area contributed by atoms with Crippen LogP contribution in [0.3, 0.4) is 0 Å². The SMILES string of the molecule is CCCNc1nccc(N(CC)CCCN(CC)CC)n1. The second kappa shape index (κ2) is 10.4. The zero-order chi connectivity index (χ0) is 15.5. The molecule has 0 saturated heterocycles. The highest BCUT2D eigenvalue weighted by Crippen LogP contribution is 2.12. The molecule has 0 aromatic carbocycles. The number of nitrogens with zero attached hydrogens (tertiary/aromatic N) is 4. The van der Waals surface area contributed by atoms with Gasteiger partial charge in [-0.15, -0.1) is 0 Å². The summed E-state index contributed by atoms with van der Waals surface area (Å²) in [6, 6.07) is 2.00. The Morgan fingerprint density at radius 3 is 2.43 bits per heavy atom. The molecule has 0 spiro atoms. The van der Waals surface area contributed by atoms with Gasteiger partial charge in [0, 0.05) is 25.8 Å². The van der Waals surface area contributed by atoms with E-state index in [4.69, 9.17) is 0 Å². The van der Waals surface area contributed by atoms with Crippen LogP contribution in [0.1, 0.15) is 40.5 Å². The molecule has 0 fully saturated rings. The molecule has 120 valence electrons. The summed E-state index contributed by atoms with van der Waals surface area (Å²) in [5.41, 5.74) is 0. The number of hydrogen-bond acceptors (Lipinski definition) is 5. The van der Waals surface area contributed by atoms with E-state index in [1.165, 1.54) is 0 Å². The molecule has 0 unspecified atom stereocenters. The van der Waals surface area contributed by atoms with Crippen LogP contribution >= 0.6 is 0 Å². The molecular formula is C16H31N5. The van der Waals surface area contributed by atoms with E-state index >= 15 is 0 Å². The summed E-state index contributed by atoms with van der Waals surface area (Å²) in [5.74, 6) is 1.75. The number of rotatable bonds is 11. The van der Waals surface area contributed by atoms with Crippen molar-refractivity contribution in [3.63, 3.8) is 0 Å². The van der Waals surface area contributed by atoms with Gasteiger partial charge >= 0.3 is 0 Å². The standard InChI is InChI=1S/C16H31N5/c1-5-11-17-16-18-12-10-15(19-16)21(8-4)14-9-13-20(6-2)7-3/h10,12H,5-9,11,13-14H2,1-4H3,(H,17,18,19). The number of nitrogens with one attached hydrogen (secondary N) is 1. The zero-order valence-electron chi connectivity index (χ0n) is 14.1. The maximum absolute atomic E-state index is 4.61. The summed E-state index contributed by atoms with van der Waals surface area (Å²) < 4.78 is 0. The molecule has 1 aromatic heterocycles. The maximum atomic E-state index is 4.61. The molecule has 1 aromatic rings. The van der Waals surface area contributed by atoms with Crippen LogP contribution in [-0.2, 0) is 0 Å². The topological polar surface area (TPSA) is 44.3 Å². The molecule has 0 saturated carbocycles. The lowest BCUT2D eigenvalue weighted by atomic mass is 10.3. The normalized spacial score (nSPS) is 10.9. The quantitative estimate of drug-likeness (QED) is 0.679. The number of hydrogen-bond donors (Lipinski definition) is 1. The Balaban J connectivity index is 2.54. The molecule has 0 aliphatic carbocycles. The van der Waals surface area contributed by atoms with E-state index in [1.807, 2.05) is 12.3 Å². The van der Waals surface area contributed by atoms with Crippen LogP contribution in [0.25, 0.3) is 0 Å². The zero-order valence-corrected chi connectivity index (χ0v) is 14.1. The number of aromatic nitrogens is 2. The van der Waals surface area contributed by atoms with Crippen LogP contribution < -0.4 is 10.2 Å². The van der Waals surface area contributed by atoms with Gasteiger partial charge in [0.25, 0.3) is 0 Å². The van der Waals surface area contributed by atoms with E-state index in [2.05, 4.69) is 52.8 Å². The first-order chi connectivity index (χ1) is 10.2. The Morgan fingerprint density at radius 1 is 1.05 bits per heavy atom. The van der Waals surface area contributed by atoms with E-state index in [-0.39, 0.29) is 0 Å². The van der Waals surface area contributed by atoms with Crippen molar-refractivity contribution in [2.75, 3.05) is 49.5 Å². The van der Waals surface area contributed by atoms with Crippen LogP contribution in [0.2, 0.25) is 0 Å². The molecule has 0 aliphatic rings. The summed E-state index contributed by atoms with van der Waals surface area (Å²) in [6.07, 6.45) is 4.08. The van der Waals surface area contributed by atoms with Gasteiger partial charge in [-0.25, -0.2) is 4.98 Å². The molecule has 1 rings (SSSR count). The Morgan fingerprint density at radius 2 is 1.81 bits per heavy atom. The van der Waals surface area contributed by atoms with Gasteiger partial charge in [-0.3, -0.25) is 0 Å². The van der Waals surface area contributed by atoms with Gasteiger partial charge in [-0.2, -0.15) is 4.98 Å². The molecule has 21 heavy (non-hydrogen) atoms. The summed E-state index contributed by atoms with van der Waals surface area (Å²) in [5, 5.41) is 3.25. The lowest BCUT2D eigenvalue weighted by Gasteiger charge is -2.24. The van der Waals surface area contributed by atoms with Gasteiger partial charge in [0.2, 0.25) is 5.95 Å². The third-order valence-corrected chi connectivity index (χ3v) is 3.68. The van der Waals surface area contributed by atoms with Crippen molar-refractivity contribution in [2.45, 2.75) is 40.5 Å². The van der Waals surface area contributed by atoms with Crippen molar-refractivity contribution in [3.8, 4) is 0 Å². The summed E-state index contributed by atoms with van der Waals surface area (Å²) in [4.78, 5) is 13.7. The average molecular weight is 293 g/mol. The van der Waals surface area contributed by atoms with Crippen molar-refractivity contribution < 1.29 is 0 Å². The third kappa shape index (κ3) is 6.29. The molecular weight excluding hydrogens is 262 g/mol. The van der Waals surface area contributed by atoms with Crippen LogP contribution in [0, 0.1) is 0 Å². The highest BCUT2D eigenvalue weighted by Gasteiger charge is 2.08. The fourth-order valence-electron chi connectivity index (χ4n) is 2.31. The van der Waals surface area contributed by atoms with Crippen molar-refractivity contribution in [1.82, 2.24) is 14.9 Å².